The van der Waals surface area contributed by atoms with Crippen molar-refractivity contribution < 1.29 is 0 Å². The lowest BCUT2D eigenvalue weighted by molar-refractivity contribution is 0.208. The predicted molar refractivity (Wildman–Crippen MR) is 74.2 cm³/mol. The molecule has 0 aromatic rings. The van der Waals surface area contributed by atoms with Gasteiger partial charge in [0.15, 0.2) is 0 Å². The van der Waals surface area contributed by atoms with E-state index in [0.29, 0.717) is 11.5 Å². The van der Waals surface area contributed by atoms with E-state index in [-0.39, 0.29) is 5.54 Å². The molecule has 2 rings (SSSR count). The molecule has 0 spiro atoms. The van der Waals surface area contributed by atoms with E-state index >= 15 is 0 Å². The molecule has 1 aliphatic carbocycles. The Bertz CT molecular complexity index is 335. The van der Waals surface area contributed by atoms with Crippen molar-refractivity contribution >= 4 is 0 Å². The quantitative estimate of drug-likeness (QED) is 0.831. The van der Waals surface area contributed by atoms with Crippen LogP contribution in [0.3, 0.4) is 0 Å². The Labute approximate surface area is 112 Å². The van der Waals surface area contributed by atoms with E-state index in [2.05, 4.69) is 44.0 Å². The summed E-state index contributed by atoms with van der Waals surface area (Å²) in [5.74, 6) is 0.765. The third-order valence-corrected chi connectivity index (χ3v) is 4.38. The minimum absolute atomic E-state index is 0.367. The van der Waals surface area contributed by atoms with Gasteiger partial charge in [0.25, 0.3) is 0 Å². The van der Waals surface area contributed by atoms with E-state index in [0.717, 1.165) is 25.6 Å². The number of hydrogen-bond donors (Lipinski definition) is 1. The normalized spacial score (nSPS) is 28.9. The maximum absolute atomic E-state index is 9.41. The summed E-state index contributed by atoms with van der Waals surface area (Å²) < 4.78 is 0. The maximum atomic E-state index is 9.41. The smallest absolute Gasteiger partial charge is 0.116 e. The average Bonchev–Trinajstić information content (AvgIpc) is 2.92. The van der Waals surface area contributed by atoms with Gasteiger partial charge in [0, 0.05) is 19.1 Å². The minimum Gasteiger partial charge on any atom is -0.300 e. The van der Waals surface area contributed by atoms with Gasteiger partial charge in [0.05, 0.1) is 6.07 Å². The minimum atomic E-state index is -0.367. The van der Waals surface area contributed by atoms with Gasteiger partial charge in [-0.05, 0) is 44.1 Å². The Balaban J connectivity index is 1.88. The van der Waals surface area contributed by atoms with E-state index in [1.807, 2.05) is 0 Å². The highest BCUT2D eigenvalue weighted by Crippen LogP contribution is 2.34. The second-order valence-electron chi connectivity index (χ2n) is 7.45. The second-order valence-corrected chi connectivity index (χ2v) is 7.45. The Morgan fingerprint density at radius 2 is 1.89 bits per heavy atom. The second kappa shape index (κ2) is 4.83. The van der Waals surface area contributed by atoms with Crippen molar-refractivity contribution in [3.05, 3.63) is 0 Å². The number of hydrogen-bond acceptors (Lipinski definition) is 3. The van der Waals surface area contributed by atoms with Gasteiger partial charge in [-0.3, -0.25) is 5.32 Å². The summed E-state index contributed by atoms with van der Waals surface area (Å²) in [6.07, 6.45) is 3.75. The summed E-state index contributed by atoms with van der Waals surface area (Å²) in [7, 11) is 0. The third kappa shape index (κ3) is 3.46. The van der Waals surface area contributed by atoms with Crippen LogP contribution in [-0.4, -0.2) is 36.1 Å². The van der Waals surface area contributed by atoms with Crippen LogP contribution in [0.4, 0.5) is 0 Å². The highest BCUT2D eigenvalue weighted by molar-refractivity contribution is 5.09. The lowest BCUT2D eigenvalue weighted by Crippen LogP contribution is -2.51. The number of nitrogens with zero attached hydrogens (tertiary/aromatic N) is 2. The molecule has 2 atom stereocenters. The molecule has 2 fully saturated rings. The van der Waals surface area contributed by atoms with E-state index in [1.165, 1.54) is 19.3 Å². The molecule has 102 valence electrons. The number of nitrogens with one attached hydrogen (secondary N) is 1. The Morgan fingerprint density at radius 3 is 2.33 bits per heavy atom. The highest BCUT2D eigenvalue weighted by Gasteiger charge is 2.38. The van der Waals surface area contributed by atoms with Crippen LogP contribution in [0.1, 0.15) is 47.0 Å². The van der Waals surface area contributed by atoms with Crippen molar-refractivity contribution in [3.8, 4) is 6.07 Å². The molecule has 1 aliphatic heterocycles. The first kappa shape index (κ1) is 13.8. The molecular formula is C15H27N3. The Morgan fingerprint density at radius 1 is 1.22 bits per heavy atom. The number of likely N-dealkylation sites (tertiary alicyclic amines) is 1. The topological polar surface area (TPSA) is 39.1 Å². The summed E-state index contributed by atoms with van der Waals surface area (Å²) in [5, 5.41) is 12.9. The van der Waals surface area contributed by atoms with Gasteiger partial charge < -0.3 is 4.90 Å². The average molecular weight is 249 g/mol. The SMILES string of the molecule is CC(C#N)(CN1CCC(C(C)(C)C)C1)NC1CC1. The molecule has 2 unspecified atom stereocenters. The van der Waals surface area contributed by atoms with Crippen molar-refractivity contribution in [2.45, 2.75) is 58.5 Å². The Hall–Kier alpha value is -0.590. The maximum Gasteiger partial charge on any atom is 0.116 e. The fourth-order valence-electron chi connectivity index (χ4n) is 2.92. The van der Waals surface area contributed by atoms with Gasteiger partial charge in [-0.25, -0.2) is 0 Å². The fraction of sp³-hybridized carbons (Fsp3) is 0.933. The third-order valence-electron chi connectivity index (χ3n) is 4.38. The van der Waals surface area contributed by atoms with Crippen LogP contribution >= 0.6 is 0 Å². The van der Waals surface area contributed by atoms with Crippen molar-refractivity contribution in [1.29, 1.82) is 5.26 Å². The van der Waals surface area contributed by atoms with Gasteiger partial charge >= 0.3 is 0 Å². The van der Waals surface area contributed by atoms with Gasteiger partial charge in [0.1, 0.15) is 5.54 Å². The first-order valence-corrected chi connectivity index (χ1v) is 7.24. The molecule has 0 aromatic carbocycles. The van der Waals surface area contributed by atoms with Crippen molar-refractivity contribution in [2.24, 2.45) is 11.3 Å². The van der Waals surface area contributed by atoms with Crippen LogP contribution in [-0.2, 0) is 0 Å². The first-order chi connectivity index (χ1) is 8.32. The Kier molecular flexibility index (Phi) is 3.71. The molecular weight excluding hydrogens is 222 g/mol. The molecule has 1 heterocycles. The first-order valence-electron chi connectivity index (χ1n) is 7.24. The molecule has 18 heavy (non-hydrogen) atoms. The van der Waals surface area contributed by atoms with Gasteiger partial charge in [-0.1, -0.05) is 20.8 Å². The van der Waals surface area contributed by atoms with Gasteiger partial charge in [-0.2, -0.15) is 5.26 Å². The standard InChI is InChI=1S/C15H27N3/c1-14(2,3)12-7-8-18(9-12)11-15(4,10-16)17-13-5-6-13/h12-13,17H,5-9,11H2,1-4H3. The van der Waals surface area contributed by atoms with E-state index in [1.54, 1.807) is 0 Å². The van der Waals surface area contributed by atoms with Crippen LogP contribution in [0.5, 0.6) is 0 Å². The van der Waals surface area contributed by atoms with Crippen LogP contribution < -0.4 is 5.32 Å². The molecule has 2 aliphatic rings. The van der Waals surface area contributed by atoms with Gasteiger partial charge in [-0.15, -0.1) is 0 Å². The van der Waals surface area contributed by atoms with Crippen molar-refractivity contribution in [3.63, 3.8) is 0 Å². The zero-order valence-electron chi connectivity index (χ0n) is 12.3. The molecule has 1 saturated heterocycles. The van der Waals surface area contributed by atoms with E-state index in [9.17, 15) is 5.26 Å². The summed E-state index contributed by atoms with van der Waals surface area (Å²) in [6.45, 7) is 12.2. The molecule has 1 saturated carbocycles. The number of nitriles is 1. The molecule has 0 radical (unpaired) electrons. The van der Waals surface area contributed by atoms with Crippen LogP contribution in [0.15, 0.2) is 0 Å². The lowest BCUT2D eigenvalue weighted by atomic mass is 9.80. The van der Waals surface area contributed by atoms with Crippen molar-refractivity contribution in [2.75, 3.05) is 19.6 Å². The van der Waals surface area contributed by atoms with Crippen LogP contribution in [0, 0.1) is 22.7 Å². The van der Waals surface area contributed by atoms with Crippen molar-refractivity contribution in [1.82, 2.24) is 10.2 Å². The molecule has 1 N–H and O–H groups in total. The monoisotopic (exact) mass is 249 g/mol. The largest absolute Gasteiger partial charge is 0.300 e. The molecule has 3 heteroatoms. The molecule has 3 nitrogen and oxygen atoms in total. The molecule has 0 aromatic heterocycles. The zero-order chi connectivity index (χ0) is 13.4. The number of rotatable bonds is 4. The summed E-state index contributed by atoms with van der Waals surface area (Å²) in [5.41, 5.74) is 0.0235. The molecule has 0 amide bonds. The zero-order valence-corrected chi connectivity index (χ0v) is 12.3. The van der Waals surface area contributed by atoms with Crippen LogP contribution in [0.2, 0.25) is 0 Å². The van der Waals surface area contributed by atoms with Gasteiger partial charge in [0.2, 0.25) is 0 Å². The molecule has 0 bridgehead atoms. The summed E-state index contributed by atoms with van der Waals surface area (Å²) in [6, 6.07) is 3.07. The van der Waals surface area contributed by atoms with E-state index in [4.69, 9.17) is 0 Å². The van der Waals surface area contributed by atoms with Crippen LogP contribution in [0.25, 0.3) is 0 Å². The lowest BCUT2D eigenvalue weighted by Gasteiger charge is -2.31. The highest BCUT2D eigenvalue weighted by atomic mass is 15.2. The van der Waals surface area contributed by atoms with E-state index < -0.39 is 0 Å². The fourth-order valence-corrected chi connectivity index (χ4v) is 2.92. The summed E-state index contributed by atoms with van der Waals surface area (Å²) in [4.78, 5) is 2.47. The summed E-state index contributed by atoms with van der Waals surface area (Å²) >= 11 is 0. The predicted octanol–water partition coefficient (Wildman–Crippen LogP) is 2.39.